The van der Waals surface area contributed by atoms with Crippen molar-refractivity contribution in [3.8, 4) is 11.8 Å². The largest absolute Gasteiger partial charge is 0.495 e. The maximum absolute atomic E-state index is 13.1. The molecule has 0 saturated heterocycles. The number of ether oxygens (including phenoxy) is 1. The molecule has 1 unspecified atom stereocenters. The molecule has 1 heterocycles. The van der Waals surface area contributed by atoms with Crippen molar-refractivity contribution < 1.29 is 9.53 Å². The van der Waals surface area contributed by atoms with Gasteiger partial charge in [-0.1, -0.05) is 24.3 Å². The number of anilines is 1. The van der Waals surface area contributed by atoms with E-state index in [1.165, 1.54) is 4.90 Å². The molecule has 1 amide bonds. The van der Waals surface area contributed by atoms with Gasteiger partial charge in [0.25, 0.3) is 5.91 Å². The van der Waals surface area contributed by atoms with Gasteiger partial charge < -0.3 is 15.0 Å². The van der Waals surface area contributed by atoms with Crippen molar-refractivity contribution in [2.24, 2.45) is 0 Å². The van der Waals surface area contributed by atoms with Gasteiger partial charge in [0.1, 0.15) is 5.75 Å². The van der Waals surface area contributed by atoms with Crippen LogP contribution in [0, 0.1) is 11.3 Å². The molecular formula is C22H22N4O2S. The normalized spacial score (nSPS) is 16.2. The molecule has 0 spiro atoms. The van der Waals surface area contributed by atoms with Crippen molar-refractivity contribution >= 4 is 28.9 Å². The van der Waals surface area contributed by atoms with Crippen LogP contribution in [0.15, 0.2) is 59.8 Å². The first-order chi connectivity index (χ1) is 13.9. The first kappa shape index (κ1) is 20.4. The van der Waals surface area contributed by atoms with Crippen molar-refractivity contribution in [2.75, 3.05) is 26.1 Å². The molecule has 0 aliphatic carbocycles. The molecule has 0 radical (unpaired) electrons. The van der Waals surface area contributed by atoms with E-state index in [4.69, 9.17) is 17.0 Å². The number of carbonyl (C=O) groups is 1. The van der Waals surface area contributed by atoms with E-state index in [0.29, 0.717) is 27.7 Å². The van der Waals surface area contributed by atoms with Crippen molar-refractivity contribution in [3.05, 3.63) is 70.9 Å². The molecule has 0 fully saturated rings. The van der Waals surface area contributed by atoms with Crippen LogP contribution in [0.4, 0.5) is 5.69 Å². The average molecular weight is 407 g/mol. The lowest BCUT2D eigenvalue weighted by Crippen LogP contribution is -2.49. The number of para-hydroxylation sites is 2. The number of thiocarbonyl (C=S) groups is 1. The maximum Gasteiger partial charge on any atom is 0.253 e. The van der Waals surface area contributed by atoms with Crippen LogP contribution < -0.4 is 15.0 Å². The van der Waals surface area contributed by atoms with Gasteiger partial charge in [0.2, 0.25) is 0 Å². The summed E-state index contributed by atoms with van der Waals surface area (Å²) in [6.45, 7) is 1.87. The number of allylic oxidation sites excluding steroid dienone is 1. The van der Waals surface area contributed by atoms with E-state index >= 15 is 0 Å². The van der Waals surface area contributed by atoms with Crippen LogP contribution in [-0.2, 0) is 4.79 Å². The smallest absolute Gasteiger partial charge is 0.253 e. The van der Waals surface area contributed by atoms with Gasteiger partial charge >= 0.3 is 0 Å². The fourth-order valence-corrected chi connectivity index (χ4v) is 3.76. The predicted octanol–water partition coefficient (Wildman–Crippen LogP) is 3.36. The zero-order valence-corrected chi connectivity index (χ0v) is 17.6. The molecule has 0 bridgehead atoms. The Hall–Kier alpha value is -3.37. The minimum atomic E-state index is -0.461. The highest BCUT2D eigenvalue weighted by Crippen LogP contribution is 2.38. The summed E-state index contributed by atoms with van der Waals surface area (Å²) < 4.78 is 5.50. The Kier molecular flexibility index (Phi) is 5.85. The van der Waals surface area contributed by atoms with Crippen molar-refractivity contribution in [2.45, 2.75) is 13.0 Å². The molecule has 148 valence electrons. The van der Waals surface area contributed by atoms with Gasteiger partial charge in [0.05, 0.1) is 36.0 Å². The molecule has 1 N–H and O–H groups in total. The lowest BCUT2D eigenvalue weighted by atomic mass is 9.93. The molecule has 6 nitrogen and oxygen atoms in total. The number of carbonyl (C=O) groups excluding carboxylic acids is 1. The highest BCUT2D eigenvalue weighted by atomic mass is 32.1. The number of amides is 1. The number of methoxy groups -OCH3 is 1. The Bertz CT molecular complexity index is 1040. The van der Waals surface area contributed by atoms with Crippen molar-refractivity contribution in [1.29, 1.82) is 5.26 Å². The SMILES string of the molecule is COc1ccccc1N1C(=S)NC(c2cccc(C#N)c2)C(C(=O)N(C)C)=C1C. The fraction of sp³-hybridized carbons (Fsp3) is 0.227. The lowest BCUT2D eigenvalue weighted by Gasteiger charge is -2.39. The van der Waals surface area contributed by atoms with E-state index in [-0.39, 0.29) is 5.91 Å². The second-order valence-corrected chi connectivity index (χ2v) is 7.21. The van der Waals surface area contributed by atoms with E-state index in [1.54, 1.807) is 39.4 Å². The molecule has 0 saturated carbocycles. The highest BCUT2D eigenvalue weighted by molar-refractivity contribution is 7.80. The van der Waals surface area contributed by atoms with Crippen molar-refractivity contribution in [1.82, 2.24) is 10.2 Å². The molecule has 1 atom stereocenters. The van der Waals surface area contributed by atoms with Crippen LogP contribution in [0.1, 0.15) is 24.1 Å². The van der Waals surface area contributed by atoms with Crippen LogP contribution in [0.25, 0.3) is 0 Å². The summed E-state index contributed by atoms with van der Waals surface area (Å²) in [6, 6.07) is 16.4. The van der Waals surface area contributed by atoms with Crippen LogP contribution in [-0.4, -0.2) is 37.1 Å². The van der Waals surface area contributed by atoms with Crippen LogP contribution in [0.5, 0.6) is 5.75 Å². The Morgan fingerprint density at radius 3 is 2.62 bits per heavy atom. The maximum atomic E-state index is 13.1. The average Bonchev–Trinajstić information content (AvgIpc) is 2.73. The topological polar surface area (TPSA) is 68.6 Å². The first-order valence-electron chi connectivity index (χ1n) is 9.05. The molecular weight excluding hydrogens is 384 g/mol. The van der Waals surface area contributed by atoms with E-state index < -0.39 is 6.04 Å². The monoisotopic (exact) mass is 406 g/mol. The molecule has 1 aliphatic rings. The highest BCUT2D eigenvalue weighted by Gasteiger charge is 2.36. The third-order valence-corrected chi connectivity index (χ3v) is 5.10. The lowest BCUT2D eigenvalue weighted by molar-refractivity contribution is -0.125. The van der Waals surface area contributed by atoms with Crippen LogP contribution >= 0.6 is 12.2 Å². The van der Waals surface area contributed by atoms with Crippen LogP contribution in [0.3, 0.4) is 0 Å². The minimum absolute atomic E-state index is 0.134. The van der Waals surface area contributed by atoms with Gasteiger partial charge in [-0.05, 0) is 49.0 Å². The zero-order valence-electron chi connectivity index (χ0n) is 16.8. The van der Waals surface area contributed by atoms with E-state index in [1.807, 2.05) is 42.2 Å². The van der Waals surface area contributed by atoms with Gasteiger partial charge in [-0.15, -0.1) is 0 Å². The summed E-state index contributed by atoms with van der Waals surface area (Å²) in [6.07, 6.45) is 0. The molecule has 7 heteroatoms. The Labute approximate surface area is 176 Å². The fourth-order valence-electron chi connectivity index (χ4n) is 3.40. The number of hydrogen-bond acceptors (Lipinski definition) is 4. The number of nitrogens with one attached hydrogen (secondary N) is 1. The summed E-state index contributed by atoms with van der Waals surface area (Å²) in [7, 11) is 5.03. The second kappa shape index (κ2) is 8.33. The quantitative estimate of drug-likeness (QED) is 0.786. The molecule has 29 heavy (non-hydrogen) atoms. The number of rotatable bonds is 4. The predicted molar refractivity (Wildman–Crippen MR) is 116 cm³/mol. The van der Waals surface area contributed by atoms with Gasteiger partial charge in [-0.3, -0.25) is 9.69 Å². The third-order valence-electron chi connectivity index (χ3n) is 4.80. The van der Waals surface area contributed by atoms with Gasteiger partial charge in [-0.25, -0.2) is 0 Å². The second-order valence-electron chi connectivity index (χ2n) is 6.83. The third kappa shape index (κ3) is 3.80. The van der Waals surface area contributed by atoms with E-state index in [9.17, 15) is 10.1 Å². The van der Waals surface area contributed by atoms with Gasteiger partial charge in [0.15, 0.2) is 5.11 Å². The van der Waals surface area contributed by atoms with Crippen molar-refractivity contribution in [3.63, 3.8) is 0 Å². The zero-order chi connectivity index (χ0) is 21.1. The number of nitrogens with zero attached hydrogens (tertiary/aromatic N) is 3. The molecule has 2 aromatic carbocycles. The standard InChI is InChI=1S/C22H22N4O2S/c1-14-19(21(27)25(2)3)20(16-9-7-8-15(12-16)13-23)24-22(29)26(14)17-10-5-6-11-18(17)28-4/h5-12,20H,1-4H3,(H,24,29). The number of likely N-dealkylation sites (N-methyl/N-ethyl adjacent to an activating group) is 1. The van der Waals surface area contributed by atoms with Crippen LogP contribution in [0.2, 0.25) is 0 Å². The Morgan fingerprint density at radius 2 is 1.97 bits per heavy atom. The van der Waals surface area contributed by atoms with Gasteiger partial charge in [-0.2, -0.15) is 5.26 Å². The number of benzene rings is 2. The van der Waals surface area contributed by atoms with E-state index in [2.05, 4.69) is 11.4 Å². The minimum Gasteiger partial charge on any atom is -0.495 e. The summed E-state index contributed by atoms with van der Waals surface area (Å²) >= 11 is 5.67. The number of nitriles is 1. The Morgan fingerprint density at radius 1 is 1.24 bits per heavy atom. The molecule has 1 aliphatic heterocycles. The van der Waals surface area contributed by atoms with Gasteiger partial charge in [0, 0.05) is 19.8 Å². The Balaban J connectivity index is 2.21. The molecule has 2 aromatic rings. The molecule has 3 rings (SSSR count). The van der Waals surface area contributed by atoms with E-state index in [0.717, 1.165) is 11.3 Å². The summed E-state index contributed by atoms with van der Waals surface area (Å²) in [5, 5.41) is 13.0. The molecule has 0 aromatic heterocycles. The summed E-state index contributed by atoms with van der Waals surface area (Å²) in [5.74, 6) is 0.516. The first-order valence-corrected chi connectivity index (χ1v) is 9.46. The summed E-state index contributed by atoms with van der Waals surface area (Å²) in [4.78, 5) is 16.5. The number of hydrogen-bond donors (Lipinski definition) is 1. The summed E-state index contributed by atoms with van der Waals surface area (Å²) in [5.41, 5.74) is 3.35.